The maximum absolute atomic E-state index is 13.1. The summed E-state index contributed by atoms with van der Waals surface area (Å²) in [6.07, 6.45) is -1.73. The first-order valence-electron chi connectivity index (χ1n) is 8.00. The first-order chi connectivity index (χ1) is 12.8. The fraction of sp³-hybridized carbons (Fsp3) is 0.100. The number of nitrogens with one attached hydrogen (secondary N) is 1. The van der Waals surface area contributed by atoms with Crippen LogP contribution in [0.15, 0.2) is 67.0 Å². The van der Waals surface area contributed by atoms with E-state index < -0.39 is 17.6 Å². The molecule has 1 N–H and O–H groups in total. The first-order valence-corrected chi connectivity index (χ1v) is 8.00. The highest BCUT2D eigenvalue weighted by Crippen LogP contribution is 2.37. The number of benzene rings is 2. The highest BCUT2D eigenvalue weighted by Gasteiger charge is 2.31. The van der Waals surface area contributed by atoms with Gasteiger partial charge in [-0.2, -0.15) is 13.2 Å². The van der Waals surface area contributed by atoms with Gasteiger partial charge < -0.3 is 10.1 Å². The van der Waals surface area contributed by atoms with Gasteiger partial charge in [-0.15, -0.1) is 0 Å². The van der Waals surface area contributed by atoms with Crippen LogP contribution >= 0.6 is 0 Å². The average Bonchev–Trinajstić information content (AvgIpc) is 2.64. The van der Waals surface area contributed by atoms with Gasteiger partial charge in [0.05, 0.1) is 16.8 Å². The Labute approximate surface area is 153 Å². The van der Waals surface area contributed by atoms with Gasteiger partial charge in [-0.25, -0.2) is 0 Å². The highest BCUT2D eigenvalue weighted by molar-refractivity contribution is 6.04. The molecule has 138 valence electrons. The van der Waals surface area contributed by atoms with E-state index in [0.29, 0.717) is 5.75 Å². The van der Waals surface area contributed by atoms with E-state index in [1.54, 1.807) is 18.2 Å². The van der Waals surface area contributed by atoms with Gasteiger partial charge in [0.1, 0.15) is 5.75 Å². The number of carbonyl (C=O) groups is 1. The predicted octanol–water partition coefficient (Wildman–Crippen LogP) is 5.45. The summed E-state index contributed by atoms with van der Waals surface area (Å²) in [5.41, 5.74) is 0.260. The Morgan fingerprint density at radius 1 is 1.07 bits per heavy atom. The van der Waals surface area contributed by atoms with E-state index in [-0.39, 0.29) is 17.0 Å². The summed E-state index contributed by atoms with van der Waals surface area (Å²) in [6, 6.07) is 13.0. The third-order valence-corrected chi connectivity index (χ3v) is 3.73. The van der Waals surface area contributed by atoms with E-state index in [4.69, 9.17) is 4.74 Å². The Kier molecular flexibility index (Phi) is 5.12. The van der Waals surface area contributed by atoms with Crippen LogP contribution in [0.5, 0.6) is 11.5 Å². The number of aryl methyl sites for hydroxylation is 1. The molecule has 1 aromatic heterocycles. The molecule has 0 unspecified atom stereocenters. The third-order valence-electron chi connectivity index (χ3n) is 3.73. The molecule has 1 heterocycles. The number of alkyl halides is 3. The molecule has 0 radical (unpaired) electrons. The lowest BCUT2D eigenvalue weighted by Gasteiger charge is -2.15. The van der Waals surface area contributed by atoms with E-state index in [2.05, 4.69) is 10.3 Å². The molecule has 0 saturated heterocycles. The highest BCUT2D eigenvalue weighted by atomic mass is 19.4. The molecule has 2 aromatic carbocycles. The maximum atomic E-state index is 13.1. The van der Waals surface area contributed by atoms with Crippen LogP contribution < -0.4 is 10.1 Å². The minimum absolute atomic E-state index is 0.0840. The molecule has 7 heteroatoms. The summed E-state index contributed by atoms with van der Waals surface area (Å²) in [4.78, 5) is 16.2. The lowest BCUT2D eigenvalue weighted by Crippen LogP contribution is -2.14. The first kappa shape index (κ1) is 18.4. The van der Waals surface area contributed by atoms with Crippen LogP contribution in [0.1, 0.15) is 21.5 Å². The van der Waals surface area contributed by atoms with Gasteiger partial charge in [0.2, 0.25) is 0 Å². The second-order valence-electron chi connectivity index (χ2n) is 5.82. The van der Waals surface area contributed by atoms with E-state index in [0.717, 1.165) is 17.7 Å². The van der Waals surface area contributed by atoms with Crippen LogP contribution in [0.4, 0.5) is 18.9 Å². The molecular weight excluding hydrogens is 357 g/mol. The van der Waals surface area contributed by atoms with Crippen molar-refractivity contribution >= 4 is 11.6 Å². The normalized spacial score (nSPS) is 11.1. The molecule has 0 aliphatic heterocycles. The van der Waals surface area contributed by atoms with Gasteiger partial charge in [-0.05, 0) is 49.4 Å². The number of amides is 1. The van der Waals surface area contributed by atoms with Crippen molar-refractivity contribution in [2.24, 2.45) is 0 Å². The minimum Gasteiger partial charge on any atom is -0.455 e. The topological polar surface area (TPSA) is 51.2 Å². The van der Waals surface area contributed by atoms with Gasteiger partial charge in [0.15, 0.2) is 5.75 Å². The minimum atomic E-state index is -4.55. The molecule has 0 aliphatic carbocycles. The standard InChI is InChI=1S/C20H15F3N2O2/c1-13-4-7-16(8-5-13)27-18-9-6-15(20(21,22)23)11-17(18)25-19(26)14-3-2-10-24-12-14/h2-12H,1H3,(H,25,26). The molecule has 0 bridgehead atoms. The van der Waals surface area contributed by atoms with Crippen molar-refractivity contribution in [2.45, 2.75) is 13.1 Å². The number of aromatic nitrogens is 1. The molecule has 3 aromatic rings. The number of halogens is 3. The van der Waals surface area contributed by atoms with Gasteiger partial charge in [0.25, 0.3) is 5.91 Å². The second kappa shape index (κ2) is 7.49. The third kappa shape index (κ3) is 4.63. The lowest BCUT2D eigenvalue weighted by molar-refractivity contribution is -0.137. The molecule has 1 amide bonds. The summed E-state index contributed by atoms with van der Waals surface area (Å²) >= 11 is 0. The Hall–Kier alpha value is -3.35. The Morgan fingerprint density at radius 3 is 2.44 bits per heavy atom. The molecule has 0 fully saturated rings. The fourth-order valence-corrected chi connectivity index (χ4v) is 2.32. The molecule has 0 aliphatic rings. The van der Waals surface area contributed by atoms with Crippen molar-refractivity contribution in [2.75, 3.05) is 5.32 Å². The predicted molar refractivity (Wildman–Crippen MR) is 94.9 cm³/mol. The van der Waals surface area contributed by atoms with Crippen LogP contribution in [0.2, 0.25) is 0 Å². The van der Waals surface area contributed by atoms with Crippen molar-refractivity contribution in [3.05, 3.63) is 83.7 Å². The van der Waals surface area contributed by atoms with Crippen LogP contribution in [0.3, 0.4) is 0 Å². The van der Waals surface area contributed by atoms with E-state index in [9.17, 15) is 18.0 Å². The zero-order valence-corrected chi connectivity index (χ0v) is 14.2. The fourth-order valence-electron chi connectivity index (χ4n) is 2.32. The summed E-state index contributed by atoms with van der Waals surface area (Å²) in [7, 11) is 0. The van der Waals surface area contributed by atoms with Crippen molar-refractivity contribution in [1.82, 2.24) is 4.98 Å². The number of hydrogen-bond donors (Lipinski definition) is 1. The Bertz CT molecular complexity index is 940. The summed E-state index contributed by atoms with van der Waals surface area (Å²) < 4.78 is 44.9. The smallest absolute Gasteiger partial charge is 0.416 e. The van der Waals surface area contributed by atoms with Gasteiger partial charge in [0, 0.05) is 12.4 Å². The average molecular weight is 372 g/mol. The molecule has 0 spiro atoms. The summed E-state index contributed by atoms with van der Waals surface area (Å²) in [5.74, 6) is -0.0440. The van der Waals surface area contributed by atoms with Crippen LogP contribution in [-0.2, 0) is 6.18 Å². The zero-order chi connectivity index (χ0) is 19.4. The number of carbonyl (C=O) groups excluding carboxylic acids is 1. The number of nitrogens with zero attached hydrogens (tertiary/aromatic N) is 1. The molecule has 0 saturated carbocycles. The Balaban J connectivity index is 1.94. The lowest BCUT2D eigenvalue weighted by atomic mass is 10.1. The van der Waals surface area contributed by atoms with E-state index in [1.165, 1.54) is 24.5 Å². The van der Waals surface area contributed by atoms with Crippen LogP contribution in [-0.4, -0.2) is 10.9 Å². The summed E-state index contributed by atoms with van der Waals surface area (Å²) in [6.45, 7) is 1.90. The SMILES string of the molecule is Cc1ccc(Oc2ccc(C(F)(F)F)cc2NC(=O)c2cccnc2)cc1. The molecular formula is C20H15F3N2O2. The van der Waals surface area contributed by atoms with Gasteiger partial charge in [-0.1, -0.05) is 17.7 Å². The van der Waals surface area contributed by atoms with Crippen LogP contribution in [0, 0.1) is 6.92 Å². The molecule has 27 heavy (non-hydrogen) atoms. The molecule has 4 nitrogen and oxygen atoms in total. The number of anilines is 1. The van der Waals surface area contributed by atoms with E-state index >= 15 is 0 Å². The van der Waals surface area contributed by atoms with Crippen LogP contribution in [0.25, 0.3) is 0 Å². The zero-order valence-electron chi connectivity index (χ0n) is 14.2. The number of hydrogen-bond acceptors (Lipinski definition) is 3. The van der Waals surface area contributed by atoms with Gasteiger partial charge in [-0.3, -0.25) is 9.78 Å². The van der Waals surface area contributed by atoms with Crippen molar-refractivity contribution < 1.29 is 22.7 Å². The molecule has 0 atom stereocenters. The monoisotopic (exact) mass is 372 g/mol. The molecule has 3 rings (SSSR count). The quantitative estimate of drug-likeness (QED) is 0.662. The summed E-state index contributed by atoms with van der Waals surface area (Å²) in [5, 5.41) is 2.47. The number of pyridine rings is 1. The van der Waals surface area contributed by atoms with E-state index in [1.807, 2.05) is 19.1 Å². The van der Waals surface area contributed by atoms with Gasteiger partial charge >= 0.3 is 6.18 Å². The van der Waals surface area contributed by atoms with Crippen molar-refractivity contribution in [3.8, 4) is 11.5 Å². The second-order valence-corrected chi connectivity index (χ2v) is 5.82. The van der Waals surface area contributed by atoms with Crippen molar-refractivity contribution in [1.29, 1.82) is 0 Å². The number of ether oxygens (including phenoxy) is 1. The maximum Gasteiger partial charge on any atom is 0.416 e. The largest absolute Gasteiger partial charge is 0.455 e. The van der Waals surface area contributed by atoms with Crippen molar-refractivity contribution in [3.63, 3.8) is 0 Å². The Morgan fingerprint density at radius 2 is 1.81 bits per heavy atom. The number of rotatable bonds is 4.